The molecular formula is C13H20. The highest BCUT2D eigenvalue weighted by Crippen LogP contribution is 2.10. The molecule has 0 nitrogen and oxygen atoms in total. The summed E-state index contributed by atoms with van der Waals surface area (Å²) < 4.78 is 0. The predicted octanol–water partition coefficient (Wildman–Crippen LogP) is 3.98. The van der Waals surface area contributed by atoms with Crippen LogP contribution in [0.25, 0.3) is 0 Å². The molecule has 0 N–H and O–H groups in total. The summed E-state index contributed by atoms with van der Waals surface area (Å²) in [6, 6.07) is 9.03. The second-order valence-corrected chi connectivity index (χ2v) is 3.67. The summed E-state index contributed by atoms with van der Waals surface area (Å²) in [6.07, 6.45) is 6.32. The van der Waals surface area contributed by atoms with E-state index >= 15 is 0 Å². The Morgan fingerprint density at radius 2 is 1.62 bits per heavy atom. The van der Waals surface area contributed by atoms with Gasteiger partial charge in [-0.1, -0.05) is 51.0 Å². The molecule has 0 unspecified atom stereocenters. The number of rotatable bonds is 5. The minimum absolute atomic E-state index is 1.22. The van der Waals surface area contributed by atoms with E-state index in [2.05, 4.69) is 38.1 Å². The van der Waals surface area contributed by atoms with Crippen molar-refractivity contribution in [3.8, 4) is 0 Å². The van der Waals surface area contributed by atoms with Crippen molar-refractivity contribution in [1.82, 2.24) is 0 Å². The molecule has 0 heterocycles. The van der Waals surface area contributed by atoms with Crippen molar-refractivity contribution in [2.24, 2.45) is 0 Å². The molecule has 0 radical (unpaired) electrons. The molecule has 0 aliphatic heterocycles. The van der Waals surface area contributed by atoms with Gasteiger partial charge < -0.3 is 0 Å². The average molecular weight is 176 g/mol. The summed E-state index contributed by atoms with van der Waals surface area (Å²) in [6.45, 7) is 4.48. The Morgan fingerprint density at radius 3 is 2.23 bits per heavy atom. The van der Waals surface area contributed by atoms with Crippen LogP contribution in [0.1, 0.15) is 44.2 Å². The first-order chi connectivity index (χ1) is 6.36. The second kappa shape index (κ2) is 5.80. The molecule has 0 fully saturated rings. The third-order valence-electron chi connectivity index (χ3n) is 2.35. The summed E-state index contributed by atoms with van der Waals surface area (Å²) in [5.41, 5.74) is 3.00. The summed E-state index contributed by atoms with van der Waals surface area (Å²) in [5, 5.41) is 0. The lowest BCUT2D eigenvalue weighted by Crippen LogP contribution is -1.88. The number of aryl methyl sites for hydroxylation is 2. The monoisotopic (exact) mass is 176 g/mol. The maximum Gasteiger partial charge on any atom is -0.0279 e. The third kappa shape index (κ3) is 3.63. The molecule has 0 aliphatic rings. The van der Waals surface area contributed by atoms with Gasteiger partial charge in [0.05, 0.1) is 0 Å². The lowest BCUT2D eigenvalue weighted by molar-refractivity contribution is 0.792. The Hall–Kier alpha value is -0.780. The van der Waals surface area contributed by atoms with Gasteiger partial charge in [-0.05, 0) is 30.4 Å². The van der Waals surface area contributed by atoms with Crippen LogP contribution >= 0.6 is 0 Å². The van der Waals surface area contributed by atoms with Crippen molar-refractivity contribution in [1.29, 1.82) is 0 Å². The van der Waals surface area contributed by atoms with Crippen LogP contribution < -0.4 is 0 Å². The van der Waals surface area contributed by atoms with E-state index in [1.165, 1.54) is 43.2 Å². The van der Waals surface area contributed by atoms with E-state index in [9.17, 15) is 0 Å². The van der Waals surface area contributed by atoms with Crippen LogP contribution in [0.3, 0.4) is 0 Å². The van der Waals surface area contributed by atoms with Gasteiger partial charge in [-0.25, -0.2) is 0 Å². The molecule has 0 heteroatoms. The molecule has 0 saturated heterocycles. The Kier molecular flexibility index (Phi) is 4.59. The summed E-state index contributed by atoms with van der Waals surface area (Å²) in [7, 11) is 0. The van der Waals surface area contributed by atoms with Crippen molar-refractivity contribution in [3.63, 3.8) is 0 Å². The highest BCUT2D eigenvalue weighted by atomic mass is 14.0. The van der Waals surface area contributed by atoms with Crippen LogP contribution in [0, 0.1) is 0 Å². The standard InChI is InChI=1S/C13H20/c1-3-5-8-13-10-6-9-12(11-13)7-4-2/h6,9-11H,3-5,7-8H2,1-2H3. The molecule has 0 aromatic heterocycles. The molecule has 1 aromatic carbocycles. The number of benzene rings is 1. The highest BCUT2D eigenvalue weighted by molar-refractivity contribution is 5.23. The number of hydrogen-bond acceptors (Lipinski definition) is 0. The topological polar surface area (TPSA) is 0 Å². The van der Waals surface area contributed by atoms with Crippen LogP contribution in [0.5, 0.6) is 0 Å². The Labute approximate surface area is 82.0 Å². The van der Waals surface area contributed by atoms with Gasteiger partial charge in [-0.2, -0.15) is 0 Å². The summed E-state index contributed by atoms with van der Waals surface area (Å²) >= 11 is 0. The van der Waals surface area contributed by atoms with E-state index in [1.54, 1.807) is 0 Å². The molecular weight excluding hydrogens is 156 g/mol. The number of unbranched alkanes of at least 4 members (excludes halogenated alkanes) is 1. The molecule has 72 valence electrons. The van der Waals surface area contributed by atoms with Crippen molar-refractivity contribution in [2.75, 3.05) is 0 Å². The Morgan fingerprint density at radius 1 is 0.923 bits per heavy atom. The normalized spacial score (nSPS) is 10.3. The summed E-state index contributed by atoms with van der Waals surface area (Å²) in [4.78, 5) is 0. The largest absolute Gasteiger partial charge is 0.0654 e. The van der Waals surface area contributed by atoms with Gasteiger partial charge in [0.25, 0.3) is 0 Å². The SMILES string of the molecule is CCCCc1cccc(CCC)c1. The maximum atomic E-state index is 2.36. The van der Waals surface area contributed by atoms with Crippen LogP contribution in [-0.4, -0.2) is 0 Å². The predicted molar refractivity (Wildman–Crippen MR) is 59.0 cm³/mol. The van der Waals surface area contributed by atoms with Crippen molar-refractivity contribution >= 4 is 0 Å². The van der Waals surface area contributed by atoms with E-state index < -0.39 is 0 Å². The Bertz CT molecular complexity index is 238. The fraction of sp³-hybridized carbons (Fsp3) is 0.538. The average Bonchev–Trinajstić information content (AvgIpc) is 2.16. The zero-order valence-corrected chi connectivity index (χ0v) is 8.84. The first-order valence-corrected chi connectivity index (χ1v) is 5.44. The van der Waals surface area contributed by atoms with Crippen LogP contribution in [-0.2, 0) is 12.8 Å². The van der Waals surface area contributed by atoms with E-state index in [4.69, 9.17) is 0 Å². The first-order valence-electron chi connectivity index (χ1n) is 5.44. The van der Waals surface area contributed by atoms with Crippen LogP contribution in [0.2, 0.25) is 0 Å². The third-order valence-corrected chi connectivity index (χ3v) is 2.35. The van der Waals surface area contributed by atoms with Crippen molar-refractivity contribution < 1.29 is 0 Å². The fourth-order valence-electron chi connectivity index (χ4n) is 1.61. The lowest BCUT2D eigenvalue weighted by Gasteiger charge is -2.03. The first kappa shape index (κ1) is 10.3. The van der Waals surface area contributed by atoms with E-state index in [1.807, 2.05) is 0 Å². The van der Waals surface area contributed by atoms with Gasteiger partial charge >= 0.3 is 0 Å². The second-order valence-electron chi connectivity index (χ2n) is 3.67. The fourth-order valence-corrected chi connectivity index (χ4v) is 1.61. The molecule has 0 atom stereocenters. The van der Waals surface area contributed by atoms with Crippen molar-refractivity contribution in [2.45, 2.75) is 46.0 Å². The van der Waals surface area contributed by atoms with Gasteiger partial charge in [0.15, 0.2) is 0 Å². The van der Waals surface area contributed by atoms with Gasteiger partial charge in [0.1, 0.15) is 0 Å². The maximum absolute atomic E-state index is 2.36. The van der Waals surface area contributed by atoms with Crippen molar-refractivity contribution in [3.05, 3.63) is 35.4 Å². The molecule has 0 spiro atoms. The molecule has 0 saturated carbocycles. The van der Waals surface area contributed by atoms with E-state index in [0.717, 1.165) is 0 Å². The number of hydrogen-bond donors (Lipinski definition) is 0. The van der Waals surface area contributed by atoms with Crippen LogP contribution in [0.4, 0.5) is 0 Å². The molecule has 0 amide bonds. The molecule has 0 aliphatic carbocycles. The smallest absolute Gasteiger partial charge is 0.0279 e. The Balaban J connectivity index is 2.56. The lowest BCUT2D eigenvalue weighted by atomic mass is 10.0. The van der Waals surface area contributed by atoms with Gasteiger partial charge in [0.2, 0.25) is 0 Å². The van der Waals surface area contributed by atoms with E-state index in [0.29, 0.717) is 0 Å². The van der Waals surface area contributed by atoms with Gasteiger partial charge in [-0.3, -0.25) is 0 Å². The zero-order valence-electron chi connectivity index (χ0n) is 8.84. The molecule has 13 heavy (non-hydrogen) atoms. The molecule has 1 rings (SSSR count). The van der Waals surface area contributed by atoms with Crippen LogP contribution in [0.15, 0.2) is 24.3 Å². The minimum Gasteiger partial charge on any atom is -0.0654 e. The molecule has 0 bridgehead atoms. The highest BCUT2D eigenvalue weighted by Gasteiger charge is 1.94. The molecule has 1 aromatic rings. The van der Waals surface area contributed by atoms with Gasteiger partial charge in [-0.15, -0.1) is 0 Å². The van der Waals surface area contributed by atoms with E-state index in [-0.39, 0.29) is 0 Å². The summed E-state index contributed by atoms with van der Waals surface area (Å²) in [5.74, 6) is 0. The quantitative estimate of drug-likeness (QED) is 0.636. The zero-order chi connectivity index (χ0) is 9.52. The minimum atomic E-state index is 1.22. The van der Waals surface area contributed by atoms with Gasteiger partial charge in [0, 0.05) is 0 Å².